The van der Waals surface area contributed by atoms with Gasteiger partial charge in [0.25, 0.3) is 0 Å². The Kier molecular flexibility index (Phi) is 72.3. The third-order valence-electron chi connectivity index (χ3n) is 17.0. The second-order valence-corrected chi connectivity index (χ2v) is 29.9. The summed E-state index contributed by atoms with van der Waals surface area (Å²) in [5.74, 6) is -2.28. The number of aliphatic hydroxyl groups is 1. The monoisotopic (exact) mass is 1480 g/mol. The molecule has 0 radical (unpaired) electrons. The van der Waals surface area contributed by atoms with Crippen LogP contribution in [0.25, 0.3) is 0 Å². The Morgan fingerprint density at radius 3 is 0.833 bits per heavy atom. The summed E-state index contributed by atoms with van der Waals surface area (Å²) in [5.41, 5.74) is 0. The van der Waals surface area contributed by atoms with Gasteiger partial charge in [0, 0.05) is 25.7 Å². The summed E-state index contributed by atoms with van der Waals surface area (Å²) < 4.78 is 68.5. The van der Waals surface area contributed by atoms with Gasteiger partial charge in [-0.3, -0.25) is 37.3 Å². The molecule has 0 aromatic heterocycles. The van der Waals surface area contributed by atoms with Crippen molar-refractivity contribution in [3.05, 3.63) is 97.2 Å². The minimum absolute atomic E-state index is 0.0368. The molecule has 0 aliphatic rings. The first kappa shape index (κ1) is 98.0. The average molecular weight is 1480 g/mol. The van der Waals surface area contributed by atoms with Crippen LogP contribution in [0.5, 0.6) is 0 Å². The predicted octanol–water partition coefficient (Wildman–Crippen LogP) is 23.6. The minimum atomic E-state index is -4.99. The molecule has 2 unspecified atom stereocenters. The SMILES string of the molecule is CCCCC/C=C\C/C=C\C/C=C\C/C=C\C/C=C\CCC(=O)OC[C@H](COP(=O)(O)OC[C@@H](O)COP(=O)(O)OC[C@@H](COC(=O)CCCCCCC/C=C\CCCCCCCC)OC(=O)CCCCCCCCC/C=C\CCCCCC)OC(=O)CCCCCCC/C=C\CCCCCC. The molecule has 17 nitrogen and oxygen atoms in total. The lowest BCUT2D eigenvalue weighted by atomic mass is 10.1. The molecule has 0 rings (SSSR count). The van der Waals surface area contributed by atoms with Crippen molar-refractivity contribution in [3.63, 3.8) is 0 Å². The molecule has 0 fully saturated rings. The highest BCUT2D eigenvalue weighted by Gasteiger charge is 2.30. The van der Waals surface area contributed by atoms with E-state index < -0.39 is 97.5 Å². The minimum Gasteiger partial charge on any atom is -0.462 e. The summed E-state index contributed by atoms with van der Waals surface area (Å²) in [6.07, 6.45) is 79.7. The first-order chi connectivity index (χ1) is 49.7. The zero-order valence-corrected chi connectivity index (χ0v) is 66.3. The van der Waals surface area contributed by atoms with Crippen LogP contribution in [0.3, 0.4) is 0 Å². The highest BCUT2D eigenvalue weighted by atomic mass is 31.2. The summed E-state index contributed by atoms with van der Waals surface area (Å²) in [7, 11) is -9.97. The second-order valence-electron chi connectivity index (χ2n) is 27.0. The van der Waals surface area contributed by atoms with Gasteiger partial charge in [-0.05, 0) is 141 Å². The van der Waals surface area contributed by atoms with E-state index in [0.29, 0.717) is 32.1 Å². The lowest BCUT2D eigenvalue weighted by Crippen LogP contribution is -2.30. The number of unbranched alkanes of at least 4 members (excludes halogenated alkanes) is 34. The van der Waals surface area contributed by atoms with E-state index in [9.17, 15) is 43.2 Å². The highest BCUT2D eigenvalue weighted by molar-refractivity contribution is 7.47. The van der Waals surface area contributed by atoms with Crippen molar-refractivity contribution < 1.29 is 80.2 Å². The molecule has 0 saturated heterocycles. The van der Waals surface area contributed by atoms with Crippen molar-refractivity contribution in [2.24, 2.45) is 0 Å². The average Bonchev–Trinajstić information content (AvgIpc) is 0.908. The third-order valence-corrected chi connectivity index (χ3v) is 18.9. The van der Waals surface area contributed by atoms with E-state index in [-0.39, 0.29) is 25.7 Å². The van der Waals surface area contributed by atoms with E-state index >= 15 is 0 Å². The number of allylic oxidation sites excluding steroid dienone is 16. The first-order valence-electron chi connectivity index (χ1n) is 40.5. The number of carbonyl (C=O) groups excluding carboxylic acids is 4. The van der Waals surface area contributed by atoms with Gasteiger partial charge in [-0.2, -0.15) is 0 Å². The number of phosphoric acid groups is 2. The number of carbonyl (C=O) groups is 4. The van der Waals surface area contributed by atoms with Crippen molar-refractivity contribution >= 4 is 39.5 Å². The van der Waals surface area contributed by atoms with Crippen molar-refractivity contribution in [2.75, 3.05) is 39.6 Å². The number of aliphatic hydroxyl groups excluding tert-OH is 1. The van der Waals surface area contributed by atoms with E-state index in [2.05, 4.69) is 113 Å². The Morgan fingerprint density at radius 2 is 0.500 bits per heavy atom. The van der Waals surface area contributed by atoms with E-state index in [1.54, 1.807) is 0 Å². The molecule has 0 bridgehead atoms. The van der Waals surface area contributed by atoms with Gasteiger partial charge in [-0.1, -0.05) is 279 Å². The van der Waals surface area contributed by atoms with E-state index in [1.165, 1.54) is 109 Å². The van der Waals surface area contributed by atoms with E-state index in [1.807, 2.05) is 12.2 Å². The number of phosphoric ester groups is 2. The van der Waals surface area contributed by atoms with Crippen molar-refractivity contribution in [1.29, 1.82) is 0 Å². The molecule has 3 N–H and O–H groups in total. The van der Waals surface area contributed by atoms with Crippen LogP contribution in [-0.2, 0) is 65.4 Å². The van der Waals surface area contributed by atoms with Gasteiger partial charge < -0.3 is 33.8 Å². The molecule has 0 aliphatic carbocycles. The number of hydrogen-bond donors (Lipinski definition) is 3. The molecule has 102 heavy (non-hydrogen) atoms. The van der Waals surface area contributed by atoms with Crippen LogP contribution >= 0.6 is 15.6 Å². The van der Waals surface area contributed by atoms with E-state index in [4.69, 9.17) is 37.0 Å². The Bertz CT molecular complexity index is 2310. The van der Waals surface area contributed by atoms with Crippen LogP contribution in [-0.4, -0.2) is 96.7 Å². The van der Waals surface area contributed by atoms with Gasteiger partial charge in [0.2, 0.25) is 0 Å². The van der Waals surface area contributed by atoms with Gasteiger partial charge in [0.05, 0.1) is 26.4 Å². The lowest BCUT2D eigenvalue weighted by molar-refractivity contribution is -0.161. The molecule has 0 amide bonds. The fourth-order valence-corrected chi connectivity index (χ4v) is 12.4. The van der Waals surface area contributed by atoms with Crippen LogP contribution in [0.4, 0.5) is 0 Å². The van der Waals surface area contributed by atoms with Crippen molar-refractivity contribution in [1.82, 2.24) is 0 Å². The topological polar surface area (TPSA) is 237 Å². The first-order valence-corrected chi connectivity index (χ1v) is 43.5. The summed E-state index contributed by atoms with van der Waals surface area (Å²) >= 11 is 0. The number of ether oxygens (including phenoxy) is 4. The summed E-state index contributed by atoms with van der Waals surface area (Å²) in [6.45, 7) is 4.75. The van der Waals surface area contributed by atoms with Crippen molar-refractivity contribution in [3.8, 4) is 0 Å². The largest absolute Gasteiger partial charge is 0.472 e. The van der Waals surface area contributed by atoms with Crippen LogP contribution in [0.15, 0.2) is 97.2 Å². The molecule has 0 heterocycles. The van der Waals surface area contributed by atoms with Gasteiger partial charge in [0.1, 0.15) is 19.3 Å². The maximum atomic E-state index is 13.1. The van der Waals surface area contributed by atoms with Crippen LogP contribution in [0, 0.1) is 0 Å². The van der Waals surface area contributed by atoms with E-state index in [0.717, 1.165) is 154 Å². The molecule has 0 aliphatic heterocycles. The zero-order chi connectivity index (χ0) is 74.6. The van der Waals surface area contributed by atoms with Gasteiger partial charge in [-0.25, -0.2) is 9.13 Å². The number of esters is 4. The Balaban J connectivity index is 5.40. The predicted molar refractivity (Wildman–Crippen MR) is 418 cm³/mol. The van der Waals surface area contributed by atoms with Crippen LogP contribution in [0.2, 0.25) is 0 Å². The number of hydrogen-bond acceptors (Lipinski definition) is 15. The maximum absolute atomic E-state index is 13.1. The maximum Gasteiger partial charge on any atom is 0.472 e. The van der Waals surface area contributed by atoms with Gasteiger partial charge in [0.15, 0.2) is 12.2 Å². The second kappa shape index (κ2) is 75.2. The normalized spacial score (nSPS) is 14.4. The zero-order valence-electron chi connectivity index (χ0n) is 64.5. The summed E-state index contributed by atoms with van der Waals surface area (Å²) in [5, 5.41) is 10.6. The molecule has 0 spiro atoms. The molecule has 19 heteroatoms. The molecule has 590 valence electrons. The molecular weight excluding hydrogens is 1330 g/mol. The molecule has 0 aromatic carbocycles. The van der Waals surface area contributed by atoms with Crippen LogP contribution < -0.4 is 0 Å². The third kappa shape index (κ3) is 74.3. The quantitative estimate of drug-likeness (QED) is 0.0169. The standard InChI is InChI=1S/C83H146O17P2/c1-5-9-13-17-21-25-29-33-36-37-38-39-42-45-48-52-56-60-64-68-81(86)94-73-78(99-82(87)69-65-61-57-53-49-43-32-28-24-20-16-12-8-4)75-97-101(89,90)95-71-77(84)72-96-102(91,92)98-76-79(100-83(88)70-66-62-58-54-50-46-41-35-31-27-23-19-15-11-7-3)74-93-80(85)67-63-59-55-51-47-44-40-34-30-26-22-18-14-10-6-2/h21,25,27-28,31-34,36,38-40,45,48,56,60,77-79,84H,5-20,22-24,26,29-30,35,37,41-44,46-47,49-55,57-59,61-76H2,1-4H3,(H,89,90)(H,91,92)/b25-21-,31-27-,32-28-,36-33-,39-38-,40-34-,48-45-,60-56-/t77-,78-,79-/m1/s1. The Labute approximate surface area is 620 Å². The molecule has 0 saturated carbocycles. The fraction of sp³-hybridized carbons (Fsp3) is 0.759. The summed E-state index contributed by atoms with van der Waals surface area (Å²) in [4.78, 5) is 73.0. The van der Waals surface area contributed by atoms with Gasteiger partial charge >= 0.3 is 39.5 Å². The highest BCUT2D eigenvalue weighted by Crippen LogP contribution is 2.45. The lowest BCUT2D eigenvalue weighted by Gasteiger charge is -2.21. The molecule has 0 aromatic rings. The molecule has 5 atom stereocenters. The Hall–Kier alpha value is -4.02. The van der Waals surface area contributed by atoms with Gasteiger partial charge in [-0.15, -0.1) is 0 Å². The summed E-state index contributed by atoms with van der Waals surface area (Å²) in [6, 6.07) is 0. The molecular formula is C83H146O17P2. The number of rotatable bonds is 76. The van der Waals surface area contributed by atoms with Crippen LogP contribution in [0.1, 0.15) is 349 Å². The smallest absolute Gasteiger partial charge is 0.462 e. The fourth-order valence-electron chi connectivity index (χ4n) is 10.8. The van der Waals surface area contributed by atoms with Crippen molar-refractivity contribution in [2.45, 2.75) is 367 Å². The Morgan fingerprint density at radius 1 is 0.275 bits per heavy atom.